The maximum Gasteiger partial charge on any atom is 0.408 e. The molecule has 0 heterocycles. The summed E-state index contributed by atoms with van der Waals surface area (Å²) >= 11 is 0. The van der Waals surface area contributed by atoms with Crippen molar-refractivity contribution in [1.29, 1.82) is 0 Å². The molecule has 0 unspecified atom stereocenters. The van der Waals surface area contributed by atoms with Crippen LogP contribution in [0.5, 0.6) is 0 Å². The monoisotopic (exact) mass is 904 g/mol. The predicted molar refractivity (Wildman–Crippen MR) is 256 cm³/mol. The largest absolute Gasteiger partial charge is 0.459 e. The molecule has 0 aromatic heterocycles. The Hall–Kier alpha value is -6.72. The van der Waals surface area contributed by atoms with Gasteiger partial charge in [-0.3, -0.25) is 0 Å². The Labute approximate surface area is 383 Å². The molecule has 14 nitrogen and oxygen atoms in total. The topological polar surface area (TPSA) is 204 Å². The Morgan fingerprint density at radius 2 is 0.877 bits per heavy atom. The van der Waals surface area contributed by atoms with Gasteiger partial charge in [0.2, 0.25) is 0 Å². The molecule has 5 aromatic rings. The zero-order valence-corrected chi connectivity index (χ0v) is 39.2. The van der Waals surface area contributed by atoms with Crippen LogP contribution in [0.3, 0.4) is 0 Å². The highest BCUT2D eigenvalue weighted by Gasteiger charge is 2.31. The number of nitrogens with two attached hydrogens (primary N) is 1. The summed E-state index contributed by atoms with van der Waals surface area (Å²) in [7, 11) is -0.446. The Morgan fingerprint density at radius 1 is 0.569 bits per heavy atom. The van der Waals surface area contributed by atoms with Gasteiger partial charge in [-0.25, -0.2) is 19.2 Å². The predicted octanol–water partition coefficient (Wildman–Crippen LogP) is 8.74. The fraction of sp³-hybridized carbons (Fsp3) is 0.320. The molecule has 0 saturated carbocycles. The van der Waals surface area contributed by atoms with Gasteiger partial charge in [0.1, 0.15) is 36.5 Å². The molecule has 65 heavy (non-hydrogen) atoms. The van der Waals surface area contributed by atoms with Crippen molar-refractivity contribution in [3.05, 3.63) is 173 Å². The van der Waals surface area contributed by atoms with E-state index in [-0.39, 0.29) is 13.2 Å². The van der Waals surface area contributed by atoms with Crippen LogP contribution < -0.4 is 32.3 Å². The van der Waals surface area contributed by atoms with Gasteiger partial charge in [-0.15, -0.1) is 0 Å². The molecule has 0 aliphatic rings. The first-order valence-corrected chi connectivity index (χ1v) is 22.4. The van der Waals surface area contributed by atoms with Crippen LogP contribution in [0.25, 0.3) is 10.4 Å². The molecular formula is C50H61N6O8P. The van der Waals surface area contributed by atoms with Crippen LogP contribution in [0.1, 0.15) is 66.5 Å². The molecule has 0 fully saturated rings. The molecule has 0 spiro atoms. The van der Waals surface area contributed by atoms with Crippen molar-refractivity contribution in [3.63, 3.8) is 0 Å². The normalized spacial score (nSPS) is 12.6. The van der Waals surface area contributed by atoms with E-state index < -0.39 is 67.4 Å². The fourth-order valence-electron chi connectivity index (χ4n) is 5.61. The minimum Gasteiger partial charge on any atom is -0.459 e. The number of benzene rings is 5. The summed E-state index contributed by atoms with van der Waals surface area (Å²) in [5.74, 6) is -1.30. The quantitative estimate of drug-likeness (QED) is 0.0243. The van der Waals surface area contributed by atoms with Crippen LogP contribution in [-0.2, 0) is 41.8 Å². The van der Waals surface area contributed by atoms with Gasteiger partial charge in [-0.1, -0.05) is 164 Å². The van der Waals surface area contributed by atoms with Gasteiger partial charge in [0.15, 0.2) is 0 Å². The molecule has 5 rings (SSSR count). The summed E-state index contributed by atoms with van der Waals surface area (Å²) in [6.45, 7) is 13.6. The summed E-state index contributed by atoms with van der Waals surface area (Å²) in [6, 6.07) is 47.2. The van der Waals surface area contributed by atoms with Gasteiger partial charge in [-0.05, 0) is 89.0 Å². The lowest BCUT2D eigenvalue weighted by atomic mass is 10.1. The summed E-state index contributed by atoms with van der Waals surface area (Å²) < 4.78 is 20.6. The third-order valence-corrected chi connectivity index (χ3v) is 11.0. The Balaban J connectivity index is 0.000000260. The van der Waals surface area contributed by atoms with Crippen LogP contribution in [0.2, 0.25) is 0 Å². The minimum atomic E-state index is -1.14. The lowest BCUT2D eigenvalue weighted by molar-refractivity contribution is -0.148. The molecule has 0 saturated heterocycles. The number of nitrogens with zero attached hydrogens (tertiary/aromatic N) is 3. The van der Waals surface area contributed by atoms with Crippen molar-refractivity contribution in [2.45, 2.75) is 104 Å². The van der Waals surface area contributed by atoms with E-state index in [2.05, 4.69) is 112 Å². The van der Waals surface area contributed by atoms with Crippen molar-refractivity contribution in [1.82, 2.24) is 10.6 Å². The number of carbonyl (C=O) groups excluding carboxylic acids is 4. The molecule has 0 bridgehead atoms. The van der Waals surface area contributed by atoms with Crippen LogP contribution in [0.15, 0.2) is 157 Å². The average molecular weight is 905 g/mol. The van der Waals surface area contributed by atoms with E-state index in [1.807, 2.05) is 48.5 Å². The van der Waals surface area contributed by atoms with Crippen molar-refractivity contribution >= 4 is 48.0 Å². The van der Waals surface area contributed by atoms with E-state index in [9.17, 15) is 19.2 Å². The summed E-state index contributed by atoms with van der Waals surface area (Å²) in [5.41, 5.74) is 14.6. The molecule has 5 aromatic carbocycles. The van der Waals surface area contributed by atoms with Crippen molar-refractivity contribution in [2.75, 3.05) is 0 Å². The van der Waals surface area contributed by atoms with Gasteiger partial charge in [0.05, 0.1) is 6.04 Å². The Morgan fingerprint density at radius 3 is 1.18 bits per heavy atom. The highest BCUT2D eigenvalue weighted by atomic mass is 31.1. The highest BCUT2D eigenvalue weighted by Crippen LogP contribution is 2.32. The SMILES string of the molecule is C[C@@H](N)[C@H](NC(=O)OC(C)(C)C)C(=O)OCc1ccccc1.C[C@@H](N=[N+]=[N-])[C@H](NC(=O)OC(C)(C)C)C(=O)OCc1ccccc1.c1ccc(P(c2ccccc2)c2ccccc2)cc1. The molecule has 344 valence electrons. The van der Waals surface area contributed by atoms with E-state index in [1.165, 1.54) is 22.8 Å². The first-order valence-electron chi connectivity index (χ1n) is 21.0. The van der Waals surface area contributed by atoms with Gasteiger partial charge < -0.3 is 35.3 Å². The third kappa shape index (κ3) is 20.6. The number of esters is 2. The third-order valence-electron chi connectivity index (χ3n) is 8.59. The number of rotatable bonds is 14. The van der Waals surface area contributed by atoms with Gasteiger partial charge in [0, 0.05) is 11.0 Å². The molecular weight excluding hydrogens is 844 g/mol. The number of hydrogen-bond donors (Lipinski definition) is 3. The second-order valence-electron chi connectivity index (χ2n) is 16.6. The smallest absolute Gasteiger partial charge is 0.408 e. The molecule has 2 amide bonds. The van der Waals surface area contributed by atoms with Gasteiger partial charge in [0.25, 0.3) is 0 Å². The highest BCUT2D eigenvalue weighted by molar-refractivity contribution is 7.79. The first-order chi connectivity index (χ1) is 30.9. The van der Waals surface area contributed by atoms with Crippen molar-refractivity contribution < 1.29 is 38.1 Å². The van der Waals surface area contributed by atoms with Gasteiger partial charge >= 0.3 is 24.1 Å². The maximum atomic E-state index is 12.3. The summed E-state index contributed by atoms with van der Waals surface area (Å²) in [6.07, 6.45) is -1.49. The number of carbonyl (C=O) groups is 4. The lowest BCUT2D eigenvalue weighted by Gasteiger charge is -2.24. The second-order valence-corrected chi connectivity index (χ2v) is 18.8. The standard InChI is InChI=1S/C18H15P.C16H22N4O4.C16H24N2O4/c1-4-10-16(11-5-1)19(17-12-6-2-7-13-17)18-14-8-3-9-15-18;1-11(19-20-17)13(18-15(22)24-16(2,3)4)14(21)23-10-12-8-6-5-7-9-12;1-11(17)13(18-15(20)22-16(2,3)4)14(19)21-10-12-8-6-5-7-9-12/h1-15H;5-9,11,13H,10H2,1-4H3,(H,18,22);5-9,11,13H,10,17H2,1-4H3,(H,18,20)/t;2*11-,13+/m.11/s1. The van der Waals surface area contributed by atoms with Crippen LogP contribution in [0.4, 0.5) is 9.59 Å². The molecule has 4 atom stereocenters. The number of amides is 2. The van der Waals surface area contributed by atoms with Crippen LogP contribution in [-0.4, -0.2) is 59.5 Å². The van der Waals surface area contributed by atoms with E-state index in [4.69, 9.17) is 30.2 Å². The summed E-state index contributed by atoms with van der Waals surface area (Å²) in [5, 5.41) is 12.5. The zero-order chi connectivity index (χ0) is 47.8. The second kappa shape index (κ2) is 26.8. The Bertz CT molecular complexity index is 2140. The minimum absolute atomic E-state index is 0.0508. The number of alkyl carbamates (subject to hydrolysis) is 2. The van der Waals surface area contributed by atoms with E-state index in [0.29, 0.717) is 0 Å². The average Bonchev–Trinajstić information content (AvgIpc) is 3.27. The molecule has 0 aliphatic heterocycles. The van der Waals surface area contributed by atoms with E-state index >= 15 is 0 Å². The van der Waals surface area contributed by atoms with E-state index in [1.54, 1.807) is 60.6 Å². The summed E-state index contributed by atoms with van der Waals surface area (Å²) in [4.78, 5) is 50.6. The molecule has 0 radical (unpaired) electrons. The Kier molecular flexibility index (Phi) is 21.7. The number of hydrogen-bond acceptors (Lipinski definition) is 10. The zero-order valence-electron chi connectivity index (χ0n) is 38.3. The van der Waals surface area contributed by atoms with Crippen LogP contribution in [0, 0.1) is 0 Å². The van der Waals surface area contributed by atoms with Gasteiger partial charge in [-0.2, -0.15) is 0 Å². The van der Waals surface area contributed by atoms with Crippen LogP contribution >= 0.6 is 7.92 Å². The molecule has 0 aliphatic carbocycles. The number of azide groups is 1. The molecule has 15 heteroatoms. The number of ether oxygens (including phenoxy) is 4. The fourth-order valence-corrected chi connectivity index (χ4v) is 7.92. The maximum absolute atomic E-state index is 12.3. The van der Waals surface area contributed by atoms with Crippen molar-refractivity contribution in [2.24, 2.45) is 10.8 Å². The molecule has 4 N–H and O–H groups in total. The lowest BCUT2D eigenvalue weighted by Crippen LogP contribution is -2.52. The van der Waals surface area contributed by atoms with Crippen molar-refractivity contribution in [3.8, 4) is 0 Å². The first kappa shape index (κ1) is 52.6. The van der Waals surface area contributed by atoms with E-state index in [0.717, 1.165) is 11.1 Å². The number of nitrogens with one attached hydrogen (secondary N) is 2.